The van der Waals surface area contributed by atoms with Gasteiger partial charge in [0.2, 0.25) is 0 Å². The van der Waals surface area contributed by atoms with Crippen molar-refractivity contribution in [3.63, 3.8) is 0 Å². The Balaban J connectivity index is 1.90. The van der Waals surface area contributed by atoms with E-state index in [0.29, 0.717) is 24.4 Å². The quantitative estimate of drug-likeness (QED) is 0.848. The SMILES string of the molecule is COc1cnc(C)cc1C(=O)N1Cc2cnc(C)cc2C1. The first-order valence-electron chi connectivity index (χ1n) is 6.83. The zero-order chi connectivity index (χ0) is 15.0. The van der Waals surface area contributed by atoms with Crippen LogP contribution in [-0.2, 0) is 13.1 Å². The molecular formula is C16H17N3O2. The van der Waals surface area contributed by atoms with Gasteiger partial charge in [0.05, 0.1) is 18.9 Å². The van der Waals surface area contributed by atoms with Gasteiger partial charge in [0, 0.05) is 30.7 Å². The van der Waals surface area contributed by atoms with Crippen molar-refractivity contribution >= 4 is 5.91 Å². The molecule has 0 bridgehead atoms. The zero-order valence-corrected chi connectivity index (χ0v) is 12.4. The number of methoxy groups -OCH3 is 1. The van der Waals surface area contributed by atoms with Crippen LogP contribution in [0.2, 0.25) is 0 Å². The van der Waals surface area contributed by atoms with Gasteiger partial charge in [0.25, 0.3) is 5.91 Å². The lowest BCUT2D eigenvalue weighted by atomic mass is 10.2. The number of amides is 1. The highest BCUT2D eigenvalue weighted by molar-refractivity contribution is 5.97. The molecule has 0 fully saturated rings. The molecule has 1 amide bonds. The fraction of sp³-hybridized carbons (Fsp3) is 0.312. The Labute approximate surface area is 123 Å². The summed E-state index contributed by atoms with van der Waals surface area (Å²) in [6, 6.07) is 3.81. The minimum absolute atomic E-state index is 0.0359. The number of aromatic nitrogens is 2. The van der Waals surface area contributed by atoms with E-state index in [1.54, 1.807) is 19.4 Å². The van der Waals surface area contributed by atoms with Crippen LogP contribution in [0.5, 0.6) is 5.75 Å². The van der Waals surface area contributed by atoms with Crippen LogP contribution in [0.25, 0.3) is 0 Å². The molecule has 1 aliphatic rings. The van der Waals surface area contributed by atoms with Crippen LogP contribution in [0, 0.1) is 13.8 Å². The third-order valence-corrected chi connectivity index (χ3v) is 3.68. The molecule has 3 rings (SSSR count). The van der Waals surface area contributed by atoms with E-state index in [9.17, 15) is 4.79 Å². The summed E-state index contributed by atoms with van der Waals surface area (Å²) < 4.78 is 5.25. The lowest BCUT2D eigenvalue weighted by molar-refractivity contribution is 0.0747. The molecule has 0 N–H and O–H groups in total. The van der Waals surface area contributed by atoms with Gasteiger partial charge in [0.1, 0.15) is 5.75 Å². The number of hydrogen-bond acceptors (Lipinski definition) is 4. The summed E-state index contributed by atoms with van der Waals surface area (Å²) in [6.07, 6.45) is 3.45. The van der Waals surface area contributed by atoms with Crippen molar-refractivity contribution in [2.24, 2.45) is 0 Å². The van der Waals surface area contributed by atoms with Crippen LogP contribution in [0.3, 0.4) is 0 Å². The molecule has 3 heterocycles. The Morgan fingerprint density at radius 3 is 2.52 bits per heavy atom. The normalized spacial score (nSPS) is 13.2. The average Bonchev–Trinajstić information content (AvgIpc) is 2.89. The molecule has 0 aromatic carbocycles. The van der Waals surface area contributed by atoms with Crippen molar-refractivity contribution in [3.8, 4) is 5.75 Å². The number of fused-ring (bicyclic) bond motifs is 1. The van der Waals surface area contributed by atoms with Crippen LogP contribution in [0.4, 0.5) is 0 Å². The molecule has 0 spiro atoms. The Kier molecular flexibility index (Phi) is 3.33. The molecule has 0 radical (unpaired) electrons. The topological polar surface area (TPSA) is 55.3 Å². The van der Waals surface area contributed by atoms with E-state index in [2.05, 4.69) is 9.97 Å². The minimum Gasteiger partial charge on any atom is -0.494 e. The minimum atomic E-state index is -0.0359. The molecule has 1 aliphatic heterocycles. The highest BCUT2D eigenvalue weighted by Crippen LogP contribution is 2.27. The van der Waals surface area contributed by atoms with E-state index in [-0.39, 0.29) is 5.91 Å². The van der Waals surface area contributed by atoms with Crippen LogP contribution >= 0.6 is 0 Å². The number of ether oxygens (including phenoxy) is 1. The van der Waals surface area contributed by atoms with E-state index in [4.69, 9.17) is 4.74 Å². The Bertz CT molecular complexity index is 713. The van der Waals surface area contributed by atoms with Gasteiger partial charge >= 0.3 is 0 Å². The van der Waals surface area contributed by atoms with Gasteiger partial charge in [-0.2, -0.15) is 0 Å². The number of carbonyl (C=O) groups excluding carboxylic acids is 1. The summed E-state index contributed by atoms with van der Waals surface area (Å²) in [4.78, 5) is 23.0. The fourth-order valence-electron chi connectivity index (χ4n) is 2.59. The van der Waals surface area contributed by atoms with E-state index >= 15 is 0 Å². The summed E-state index contributed by atoms with van der Waals surface area (Å²) in [6.45, 7) is 5.02. The van der Waals surface area contributed by atoms with Crippen molar-refractivity contribution in [2.75, 3.05) is 7.11 Å². The second-order valence-corrected chi connectivity index (χ2v) is 5.28. The Morgan fingerprint density at radius 1 is 1.10 bits per heavy atom. The number of rotatable bonds is 2. The third-order valence-electron chi connectivity index (χ3n) is 3.68. The van der Waals surface area contributed by atoms with E-state index < -0.39 is 0 Å². The van der Waals surface area contributed by atoms with Gasteiger partial charge in [0.15, 0.2) is 0 Å². The standard InChI is InChI=1S/C16H17N3O2/c1-10-4-12-8-19(9-13(12)6-17-10)16(20)14-5-11(2)18-7-15(14)21-3/h4-7H,8-9H2,1-3H3. The molecule has 108 valence electrons. The van der Waals surface area contributed by atoms with Crippen molar-refractivity contribution < 1.29 is 9.53 Å². The lowest BCUT2D eigenvalue weighted by Crippen LogP contribution is -2.26. The molecule has 2 aromatic rings. The Morgan fingerprint density at radius 2 is 1.76 bits per heavy atom. The van der Waals surface area contributed by atoms with Gasteiger partial charge in [-0.1, -0.05) is 0 Å². The van der Waals surface area contributed by atoms with Crippen LogP contribution in [0.15, 0.2) is 24.5 Å². The second-order valence-electron chi connectivity index (χ2n) is 5.28. The van der Waals surface area contributed by atoms with Gasteiger partial charge in [-0.05, 0) is 37.1 Å². The maximum atomic E-state index is 12.7. The fourth-order valence-corrected chi connectivity index (χ4v) is 2.59. The van der Waals surface area contributed by atoms with E-state index in [1.165, 1.54) is 5.56 Å². The van der Waals surface area contributed by atoms with Crippen LogP contribution in [-0.4, -0.2) is 27.9 Å². The van der Waals surface area contributed by atoms with E-state index in [0.717, 1.165) is 17.0 Å². The predicted octanol–water partition coefficient (Wildman–Crippen LogP) is 2.26. The molecule has 5 heteroatoms. The molecule has 5 nitrogen and oxygen atoms in total. The zero-order valence-electron chi connectivity index (χ0n) is 12.4. The first-order valence-corrected chi connectivity index (χ1v) is 6.83. The molecule has 0 unspecified atom stereocenters. The maximum Gasteiger partial charge on any atom is 0.258 e. The van der Waals surface area contributed by atoms with Gasteiger partial charge < -0.3 is 9.64 Å². The summed E-state index contributed by atoms with van der Waals surface area (Å²) in [7, 11) is 1.55. The second kappa shape index (κ2) is 5.16. The summed E-state index contributed by atoms with van der Waals surface area (Å²) >= 11 is 0. The van der Waals surface area contributed by atoms with Crippen molar-refractivity contribution in [1.29, 1.82) is 0 Å². The van der Waals surface area contributed by atoms with Gasteiger partial charge in [-0.3, -0.25) is 14.8 Å². The molecule has 0 aliphatic carbocycles. The molecule has 21 heavy (non-hydrogen) atoms. The molecule has 0 saturated heterocycles. The number of aryl methyl sites for hydroxylation is 2. The number of carbonyl (C=O) groups is 1. The maximum absolute atomic E-state index is 12.7. The number of nitrogens with zero attached hydrogens (tertiary/aromatic N) is 3. The number of pyridine rings is 2. The van der Waals surface area contributed by atoms with Crippen LogP contribution < -0.4 is 4.74 Å². The molecule has 0 saturated carbocycles. The lowest BCUT2D eigenvalue weighted by Gasteiger charge is -2.17. The summed E-state index contributed by atoms with van der Waals surface area (Å²) in [5.41, 5.74) is 4.61. The van der Waals surface area contributed by atoms with Gasteiger partial charge in [-0.25, -0.2) is 0 Å². The molecule has 2 aromatic heterocycles. The first-order chi connectivity index (χ1) is 10.1. The number of hydrogen-bond donors (Lipinski definition) is 0. The smallest absolute Gasteiger partial charge is 0.258 e. The Hall–Kier alpha value is -2.43. The summed E-state index contributed by atoms with van der Waals surface area (Å²) in [5, 5.41) is 0. The third kappa shape index (κ3) is 2.46. The average molecular weight is 283 g/mol. The molecule has 0 atom stereocenters. The van der Waals surface area contributed by atoms with Crippen molar-refractivity contribution in [3.05, 3.63) is 52.6 Å². The van der Waals surface area contributed by atoms with Gasteiger partial charge in [-0.15, -0.1) is 0 Å². The van der Waals surface area contributed by atoms with Crippen LogP contribution in [0.1, 0.15) is 32.9 Å². The largest absolute Gasteiger partial charge is 0.494 e. The van der Waals surface area contributed by atoms with Crippen molar-refractivity contribution in [1.82, 2.24) is 14.9 Å². The highest BCUT2D eigenvalue weighted by Gasteiger charge is 2.26. The van der Waals surface area contributed by atoms with E-state index in [1.807, 2.05) is 31.0 Å². The highest BCUT2D eigenvalue weighted by atomic mass is 16.5. The molecular weight excluding hydrogens is 266 g/mol. The monoisotopic (exact) mass is 283 g/mol. The predicted molar refractivity (Wildman–Crippen MR) is 78.1 cm³/mol. The summed E-state index contributed by atoms with van der Waals surface area (Å²) in [5.74, 6) is 0.474. The first kappa shape index (κ1) is 13.5. The van der Waals surface area contributed by atoms with Crippen molar-refractivity contribution in [2.45, 2.75) is 26.9 Å².